The molecule has 4 rings (SSSR count). The van der Waals surface area contributed by atoms with E-state index in [9.17, 15) is 9.59 Å². The van der Waals surface area contributed by atoms with E-state index in [1.54, 1.807) is 6.92 Å². The lowest BCUT2D eigenvalue weighted by Crippen LogP contribution is -2.44. The summed E-state index contributed by atoms with van der Waals surface area (Å²) in [5.74, 6) is 5.29. The Morgan fingerprint density at radius 1 is 1.31 bits per heavy atom. The van der Waals surface area contributed by atoms with Crippen molar-refractivity contribution in [2.75, 3.05) is 30.4 Å². The Balaban J connectivity index is 2.10. The van der Waals surface area contributed by atoms with Gasteiger partial charge in [-0.05, 0) is 32.3 Å². The van der Waals surface area contributed by atoms with Gasteiger partial charge in [-0.15, -0.1) is 0 Å². The second-order valence-electron chi connectivity index (χ2n) is 6.92. The number of ether oxygens (including phenoxy) is 1. The Bertz CT molecular complexity index is 995. The molecule has 0 radical (unpaired) electrons. The fourth-order valence-electron chi connectivity index (χ4n) is 3.67. The number of benzene rings is 1. The molecule has 0 spiro atoms. The van der Waals surface area contributed by atoms with Gasteiger partial charge in [-0.1, -0.05) is 0 Å². The van der Waals surface area contributed by atoms with Crippen LogP contribution in [-0.2, 0) is 0 Å². The normalized spacial score (nSPS) is 20.1. The molecule has 8 nitrogen and oxygen atoms in total. The number of hydrogen-bond donors (Lipinski definition) is 2. The summed E-state index contributed by atoms with van der Waals surface area (Å²) in [7, 11) is 0. The molecule has 1 saturated carbocycles. The summed E-state index contributed by atoms with van der Waals surface area (Å²) in [5, 5.41) is 0.0483. The molecule has 1 aliphatic carbocycles. The van der Waals surface area contributed by atoms with Crippen molar-refractivity contribution in [3.8, 4) is 5.75 Å². The standard InChI is InChI=1S/C17H22FN5O3/c1-2-26-15-13-11(7-12(18)14(15)21-6-5-9(19)8-21)16(24)23(20)17(25)22(13)10-3-4-10/h7,9-10H,2-6,8,19-20H2,1H3. The van der Waals surface area contributed by atoms with E-state index in [1.807, 2.05) is 4.90 Å². The van der Waals surface area contributed by atoms with Crippen LogP contribution in [0.15, 0.2) is 15.7 Å². The zero-order valence-electron chi connectivity index (χ0n) is 14.6. The van der Waals surface area contributed by atoms with Crippen LogP contribution in [0, 0.1) is 5.82 Å². The lowest BCUT2D eigenvalue weighted by molar-refractivity contribution is 0.340. The summed E-state index contributed by atoms with van der Waals surface area (Å²) >= 11 is 0. The zero-order valence-corrected chi connectivity index (χ0v) is 14.6. The Kier molecular flexibility index (Phi) is 3.91. The predicted octanol–water partition coefficient (Wildman–Crippen LogP) is 0.287. The third-order valence-corrected chi connectivity index (χ3v) is 5.03. The molecule has 1 aromatic carbocycles. The van der Waals surface area contributed by atoms with Crippen molar-refractivity contribution in [2.24, 2.45) is 5.73 Å². The number of nitrogens with zero attached hydrogens (tertiary/aromatic N) is 3. The zero-order chi connectivity index (χ0) is 18.6. The number of fused-ring (bicyclic) bond motifs is 1. The van der Waals surface area contributed by atoms with Gasteiger partial charge in [-0.3, -0.25) is 9.36 Å². The Morgan fingerprint density at radius 3 is 2.62 bits per heavy atom. The van der Waals surface area contributed by atoms with Crippen LogP contribution in [0.4, 0.5) is 10.1 Å². The molecular weight excluding hydrogens is 341 g/mol. The van der Waals surface area contributed by atoms with Crippen LogP contribution in [0.25, 0.3) is 10.9 Å². The smallest absolute Gasteiger partial charge is 0.350 e. The number of hydrogen-bond acceptors (Lipinski definition) is 6. The maximum atomic E-state index is 15.0. The Labute approximate surface area is 148 Å². The molecule has 4 N–H and O–H groups in total. The summed E-state index contributed by atoms with van der Waals surface area (Å²) in [5.41, 5.74) is 5.22. The molecule has 2 aromatic rings. The maximum absolute atomic E-state index is 15.0. The van der Waals surface area contributed by atoms with Gasteiger partial charge < -0.3 is 21.2 Å². The van der Waals surface area contributed by atoms with E-state index in [0.29, 0.717) is 23.3 Å². The molecule has 1 aliphatic heterocycles. The van der Waals surface area contributed by atoms with Crippen LogP contribution in [0.2, 0.25) is 0 Å². The van der Waals surface area contributed by atoms with Gasteiger partial charge in [0.05, 0.1) is 12.0 Å². The van der Waals surface area contributed by atoms with E-state index in [4.69, 9.17) is 16.3 Å². The van der Waals surface area contributed by atoms with Gasteiger partial charge in [0.15, 0.2) is 11.6 Å². The first-order chi connectivity index (χ1) is 12.4. The van der Waals surface area contributed by atoms with E-state index < -0.39 is 17.1 Å². The summed E-state index contributed by atoms with van der Waals surface area (Å²) in [6.45, 7) is 3.13. The van der Waals surface area contributed by atoms with Crippen molar-refractivity contribution in [1.29, 1.82) is 0 Å². The van der Waals surface area contributed by atoms with E-state index in [2.05, 4.69) is 0 Å². The lowest BCUT2D eigenvalue weighted by atomic mass is 10.1. The SMILES string of the molecule is CCOc1c(N2CCC(N)C2)c(F)cc2c(=O)n(N)c(=O)n(C3CC3)c12. The van der Waals surface area contributed by atoms with Crippen LogP contribution in [-0.4, -0.2) is 35.0 Å². The first-order valence-corrected chi connectivity index (χ1v) is 8.86. The van der Waals surface area contributed by atoms with Gasteiger partial charge in [0.25, 0.3) is 5.56 Å². The molecule has 0 amide bonds. The van der Waals surface area contributed by atoms with Crippen LogP contribution < -0.4 is 32.5 Å². The van der Waals surface area contributed by atoms with Crippen LogP contribution in [0.3, 0.4) is 0 Å². The molecular formula is C17H22FN5O3. The highest BCUT2D eigenvalue weighted by atomic mass is 19.1. The van der Waals surface area contributed by atoms with Gasteiger partial charge >= 0.3 is 5.69 Å². The topological polar surface area (TPSA) is 109 Å². The molecule has 1 aromatic heterocycles. The molecule has 1 atom stereocenters. The maximum Gasteiger partial charge on any atom is 0.350 e. The molecule has 2 aliphatic rings. The first kappa shape index (κ1) is 16.9. The van der Waals surface area contributed by atoms with Gasteiger partial charge in [0.1, 0.15) is 11.2 Å². The first-order valence-electron chi connectivity index (χ1n) is 8.86. The third-order valence-electron chi connectivity index (χ3n) is 5.03. The van der Waals surface area contributed by atoms with E-state index in [-0.39, 0.29) is 35.5 Å². The molecule has 0 bridgehead atoms. The molecule has 9 heteroatoms. The lowest BCUT2D eigenvalue weighted by Gasteiger charge is -2.24. The Morgan fingerprint density at radius 2 is 2.04 bits per heavy atom. The quantitative estimate of drug-likeness (QED) is 0.756. The van der Waals surface area contributed by atoms with Crippen molar-refractivity contribution >= 4 is 16.6 Å². The highest BCUT2D eigenvalue weighted by molar-refractivity contribution is 5.91. The van der Waals surface area contributed by atoms with Crippen LogP contribution in [0.5, 0.6) is 5.75 Å². The van der Waals surface area contributed by atoms with Crippen molar-refractivity contribution < 1.29 is 9.13 Å². The molecule has 1 unspecified atom stereocenters. The third kappa shape index (κ3) is 2.45. The minimum atomic E-state index is -0.730. The Hall–Kier alpha value is -2.55. The van der Waals surface area contributed by atoms with Gasteiger partial charge in [0, 0.05) is 25.2 Å². The summed E-state index contributed by atoms with van der Waals surface area (Å²) in [4.78, 5) is 27.0. The van der Waals surface area contributed by atoms with Crippen molar-refractivity contribution in [3.05, 3.63) is 32.7 Å². The average Bonchev–Trinajstić information content (AvgIpc) is 3.35. The van der Waals surface area contributed by atoms with E-state index in [0.717, 1.165) is 25.3 Å². The number of aromatic nitrogens is 2. The number of nitrogen functional groups attached to an aromatic ring is 1. The summed E-state index contributed by atoms with van der Waals surface area (Å²) in [6, 6.07) is 1.04. The minimum absolute atomic E-state index is 0.0483. The molecule has 2 heterocycles. The fraction of sp³-hybridized carbons (Fsp3) is 0.529. The van der Waals surface area contributed by atoms with E-state index >= 15 is 4.39 Å². The molecule has 26 heavy (non-hydrogen) atoms. The second kappa shape index (κ2) is 6.01. The predicted molar refractivity (Wildman–Crippen MR) is 96.8 cm³/mol. The van der Waals surface area contributed by atoms with Crippen molar-refractivity contribution in [3.63, 3.8) is 0 Å². The molecule has 140 valence electrons. The van der Waals surface area contributed by atoms with E-state index in [1.165, 1.54) is 4.57 Å². The number of rotatable bonds is 4. The number of nitrogens with two attached hydrogens (primary N) is 2. The highest BCUT2D eigenvalue weighted by Crippen LogP contribution is 2.43. The van der Waals surface area contributed by atoms with Gasteiger partial charge in [-0.2, -0.15) is 4.68 Å². The summed E-state index contributed by atoms with van der Waals surface area (Å²) in [6.07, 6.45) is 2.35. The largest absolute Gasteiger partial charge is 0.489 e. The van der Waals surface area contributed by atoms with Crippen LogP contribution in [0.1, 0.15) is 32.2 Å². The average molecular weight is 363 g/mol. The van der Waals surface area contributed by atoms with Gasteiger partial charge in [-0.25, -0.2) is 9.18 Å². The minimum Gasteiger partial charge on any atom is -0.489 e. The second-order valence-corrected chi connectivity index (χ2v) is 6.92. The molecule has 1 saturated heterocycles. The number of anilines is 1. The molecule has 2 fully saturated rings. The van der Waals surface area contributed by atoms with Crippen LogP contribution >= 0.6 is 0 Å². The fourth-order valence-corrected chi connectivity index (χ4v) is 3.67. The highest BCUT2D eigenvalue weighted by Gasteiger charge is 2.33. The number of halogens is 1. The van der Waals surface area contributed by atoms with Gasteiger partial charge in [0.2, 0.25) is 0 Å². The van der Waals surface area contributed by atoms with Crippen molar-refractivity contribution in [1.82, 2.24) is 9.24 Å². The monoisotopic (exact) mass is 363 g/mol. The van der Waals surface area contributed by atoms with Crippen molar-refractivity contribution in [2.45, 2.75) is 38.3 Å². The summed E-state index contributed by atoms with van der Waals surface area (Å²) < 4.78 is 22.8.